The second-order valence-electron chi connectivity index (χ2n) is 7.30. The Morgan fingerprint density at radius 1 is 1.20 bits per heavy atom. The maximum atomic E-state index is 13.1. The summed E-state index contributed by atoms with van der Waals surface area (Å²) in [5, 5.41) is 10.7. The van der Waals surface area contributed by atoms with Crippen LogP contribution in [-0.4, -0.2) is 33.6 Å². The second-order valence-corrected chi connectivity index (χ2v) is 9.27. The van der Waals surface area contributed by atoms with Crippen LogP contribution in [0.25, 0.3) is 16.2 Å². The molecule has 30 heavy (non-hydrogen) atoms. The van der Waals surface area contributed by atoms with Crippen LogP contribution in [0.2, 0.25) is 0 Å². The molecular weight excluding hydrogens is 421 g/mol. The van der Waals surface area contributed by atoms with Crippen molar-refractivity contribution >= 4 is 38.7 Å². The summed E-state index contributed by atoms with van der Waals surface area (Å²) in [5.74, 6) is -0.0694. The zero-order chi connectivity index (χ0) is 20.5. The maximum absolute atomic E-state index is 13.1. The van der Waals surface area contributed by atoms with E-state index in [4.69, 9.17) is 0 Å². The third-order valence-corrected chi connectivity index (χ3v) is 7.19. The first-order valence-electron chi connectivity index (χ1n) is 9.83. The van der Waals surface area contributed by atoms with Gasteiger partial charge >= 0.3 is 0 Å². The highest BCUT2D eigenvalue weighted by Crippen LogP contribution is 2.29. The molecule has 1 N–H and O–H groups in total. The van der Waals surface area contributed by atoms with E-state index >= 15 is 0 Å². The minimum atomic E-state index is -0.260. The van der Waals surface area contributed by atoms with Crippen LogP contribution < -0.4 is 10.2 Å². The number of anilines is 1. The van der Waals surface area contributed by atoms with Gasteiger partial charge in [0.2, 0.25) is 16.0 Å². The Morgan fingerprint density at radius 2 is 2.00 bits per heavy atom. The average molecular weight is 442 g/mol. The number of amides is 1. The summed E-state index contributed by atoms with van der Waals surface area (Å²) in [6, 6.07) is 10.3. The lowest BCUT2D eigenvalue weighted by atomic mass is 9.96. The van der Waals surface area contributed by atoms with Gasteiger partial charge in [-0.1, -0.05) is 17.4 Å². The number of hydrogen-bond acceptors (Lipinski definition) is 6. The summed E-state index contributed by atoms with van der Waals surface area (Å²) in [6.45, 7) is 2.22. The van der Waals surface area contributed by atoms with Crippen LogP contribution in [-0.2, 0) is 11.3 Å². The van der Waals surface area contributed by atoms with Crippen LogP contribution in [0.4, 0.5) is 9.52 Å². The molecule has 1 saturated heterocycles. The van der Waals surface area contributed by atoms with E-state index in [1.165, 1.54) is 28.3 Å². The number of nitrogens with zero attached hydrogens (tertiary/aromatic N) is 4. The van der Waals surface area contributed by atoms with Gasteiger partial charge in [-0.3, -0.25) is 4.79 Å². The molecule has 0 atom stereocenters. The van der Waals surface area contributed by atoms with Gasteiger partial charge in [0.25, 0.3) is 0 Å². The summed E-state index contributed by atoms with van der Waals surface area (Å²) in [4.78, 5) is 21.3. The van der Waals surface area contributed by atoms with Gasteiger partial charge in [-0.25, -0.2) is 13.9 Å². The van der Waals surface area contributed by atoms with Gasteiger partial charge < -0.3 is 10.2 Å². The molecule has 6 nitrogen and oxygen atoms in total. The summed E-state index contributed by atoms with van der Waals surface area (Å²) >= 11 is 3.19. The van der Waals surface area contributed by atoms with Crippen LogP contribution in [0.1, 0.15) is 17.7 Å². The van der Waals surface area contributed by atoms with Crippen molar-refractivity contribution in [2.24, 2.45) is 5.92 Å². The maximum Gasteiger partial charge on any atom is 0.223 e. The molecule has 0 bridgehead atoms. The van der Waals surface area contributed by atoms with Crippen molar-refractivity contribution in [2.45, 2.75) is 19.4 Å². The molecule has 0 spiro atoms. The van der Waals surface area contributed by atoms with E-state index in [9.17, 15) is 9.18 Å². The fourth-order valence-electron chi connectivity index (χ4n) is 3.64. The topological polar surface area (TPSA) is 62.5 Å². The second kappa shape index (κ2) is 8.16. The highest BCUT2D eigenvalue weighted by molar-refractivity contribution is 7.20. The fraction of sp³-hybridized carbons (Fsp3) is 0.286. The van der Waals surface area contributed by atoms with Gasteiger partial charge in [-0.05, 0) is 48.6 Å². The lowest BCUT2D eigenvalue weighted by Crippen LogP contribution is -2.40. The number of nitrogens with one attached hydrogen (secondary N) is 1. The van der Waals surface area contributed by atoms with Crippen molar-refractivity contribution in [3.8, 4) is 11.3 Å². The number of carbonyl (C=O) groups is 1. The van der Waals surface area contributed by atoms with Gasteiger partial charge in [0, 0.05) is 29.4 Å². The van der Waals surface area contributed by atoms with Crippen molar-refractivity contribution in [3.63, 3.8) is 0 Å². The van der Waals surface area contributed by atoms with Crippen molar-refractivity contribution in [1.29, 1.82) is 0 Å². The minimum absolute atomic E-state index is 0.0512. The monoisotopic (exact) mass is 441 g/mol. The summed E-state index contributed by atoms with van der Waals surface area (Å²) < 4.78 is 14.9. The molecule has 4 aromatic rings. The highest BCUT2D eigenvalue weighted by Gasteiger charge is 2.26. The van der Waals surface area contributed by atoms with Gasteiger partial charge in [0.05, 0.1) is 18.4 Å². The Labute approximate surface area is 181 Å². The SMILES string of the molecule is O=C(NCc1cccs1)C1CCN(c2nn3cc(-c4ccc(F)cc4)nc3s2)CC1. The standard InChI is InChI=1S/C21H20FN5OS2/c22-16-5-3-14(4-6-16)18-13-27-20(24-18)30-21(25-27)26-9-7-15(8-10-26)19(28)23-12-17-2-1-11-29-17/h1-6,11,13,15H,7-10,12H2,(H,23,28). The fourth-order valence-corrected chi connectivity index (χ4v) is 5.22. The third-order valence-electron chi connectivity index (χ3n) is 5.33. The van der Waals surface area contributed by atoms with Crippen molar-refractivity contribution in [3.05, 3.63) is 58.7 Å². The lowest BCUT2D eigenvalue weighted by Gasteiger charge is -2.30. The molecule has 1 aliphatic heterocycles. The van der Waals surface area contributed by atoms with Crippen LogP contribution >= 0.6 is 22.7 Å². The number of hydrogen-bond donors (Lipinski definition) is 1. The number of rotatable bonds is 5. The van der Waals surface area contributed by atoms with Gasteiger partial charge in [0.1, 0.15) is 5.82 Å². The first kappa shape index (κ1) is 19.2. The van der Waals surface area contributed by atoms with Gasteiger partial charge in [-0.15, -0.1) is 16.4 Å². The number of benzene rings is 1. The summed E-state index contributed by atoms with van der Waals surface area (Å²) in [6.07, 6.45) is 3.51. The number of aromatic nitrogens is 3. The first-order chi connectivity index (χ1) is 14.7. The number of fused-ring (bicyclic) bond motifs is 1. The van der Waals surface area contributed by atoms with Crippen molar-refractivity contribution in [2.75, 3.05) is 18.0 Å². The van der Waals surface area contributed by atoms with E-state index in [0.29, 0.717) is 6.54 Å². The van der Waals surface area contributed by atoms with Crippen LogP contribution in [0.5, 0.6) is 0 Å². The number of thiophene rings is 1. The Kier molecular flexibility index (Phi) is 5.22. The van der Waals surface area contributed by atoms with Gasteiger partial charge in [0.15, 0.2) is 0 Å². The molecule has 0 saturated carbocycles. The van der Waals surface area contributed by atoms with E-state index in [-0.39, 0.29) is 17.6 Å². The van der Waals surface area contributed by atoms with E-state index in [2.05, 4.69) is 20.3 Å². The molecule has 0 radical (unpaired) electrons. The zero-order valence-electron chi connectivity index (χ0n) is 16.1. The van der Waals surface area contributed by atoms with E-state index in [1.54, 1.807) is 28.0 Å². The minimum Gasteiger partial charge on any atom is -0.351 e. The Balaban J connectivity index is 1.20. The zero-order valence-corrected chi connectivity index (χ0v) is 17.8. The number of piperidine rings is 1. The predicted octanol–water partition coefficient (Wildman–Crippen LogP) is 4.19. The largest absolute Gasteiger partial charge is 0.351 e. The molecule has 1 aliphatic rings. The smallest absolute Gasteiger partial charge is 0.223 e. The molecule has 4 heterocycles. The molecular formula is C21H20FN5OS2. The van der Waals surface area contributed by atoms with Crippen LogP contribution in [0.15, 0.2) is 48.0 Å². The third kappa shape index (κ3) is 3.95. The van der Waals surface area contributed by atoms with E-state index in [1.807, 2.05) is 23.7 Å². The number of halogens is 1. The predicted molar refractivity (Wildman–Crippen MR) is 117 cm³/mol. The summed E-state index contributed by atoms with van der Waals surface area (Å²) in [7, 11) is 0. The van der Waals surface area contributed by atoms with E-state index < -0.39 is 0 Å². The van der Waals surface area contributed by atoms with Crippen LogP contribution in [0.3, 0.4) is 0 Å². The molecule has 0 aliphatic carbocycles. The lowest BCUT2D eigenvalue weighted by molar-refractivity contribution is -0.125. The average Bonchev–Trinajstić information content (AvgIpc) is 3.49. The number of imidazole rings is 1. The highest BCUT2D eigenvalue weighted by atomic mass is 32.1. The molecule has 9 heteroatoms. The van der Waals surface area contributed by atoms with E-state index in [0.717, 1.165) is 47.3 Å². The molecule has 3 aromatic heterocycles. The Hall–Kier alpha value is -2.78. The van der Waals surface area contributed by atoms with Crippen molar-refractivity contribution in [1.82, 2.24) is 19.9 Å². The molecule has 1 aromatic carbocycles. The quantitative estimate of drug-likeness (QED) is 0.504. The normalized spacial score (nSPS) is 15.0. The Morgan fingerprint density at radius 3 is 2.70 bits per heavy atom. The molecule has 1 amide bonds. The first-order valence-corrected chi connectivity index (χ1v) is 11.5. The summed E-state index contributed by atoms with van der Waals surface area (Å²) in [5.41, 5.74) is 1.64. The molecule has 0 unspecified atom stereocenters. The van der Waals surface area contributed by atoms with Gasteiger partial charge in [-0.2, -0.15) is 0 Å². The molecule has 5 rings (SSSR count). The molecule has 154 valence electrons. The molecule has 1 fully saturated rings. The van der Waals surface area contributed by atoms with Crippen molar-refractivity contribution < 1.29 is 9.18 Å². The Bertz CT molecular complexity index is 1110. The number of carbonyl (C=O) groups excluding carboxylic acids is 1. The van der Waals surface area contributed by atoms with Crippen LogP contribution in [0, 0.1) is 11.7 Å².